The molecule has 0 aliphatic carbocycles. The van der Waals surface area contributed by atoms with Crippen LogP contribution in [0, 0.1) is 0 Å². The highest BCUT2D eigenvalue weighted by atomic mass is 16.4. The van der Waals surface area contributed by atoms with Crippen LogP contribution in [0.1, 0.15) is 29.0 Å². The van der Waals surface area contributed by atoms with Crippen LogP contribution >= 0.6 is 0 Å². The molecular weight excluding hydrogens is 224 g/mol. The molecule has 17 heavy (non-hydrogen) atoms. The topological polar surface area (TPSA) is 91.6 Å². The zero-order chi connectivity index (χ0) is 12.3. The van der Waals surface area contributed by atoms with Crippen LogP contribution < -0.4 is 10.6 Å². The minimum atomic E-state index is -1.10. The molecule has 3 N–H and O–H groups in total. The molecule has 0 aromatic carbocycles. The van der Waals surface area contributed by atoms with Crippen molar-refractivity contribution in [2.45, 2.75) is 25.4 Å². The third-order valence-corrected chi connectivity index (χ3v) is 2.77. The summed E-state index contributed by atoms with van der Waals surface area (Å²) in [6, 6.07) is 1.34. The zero-order valence-corrected chi connectivity index (χ0v) is 9.23. The Morgan fingerprint density at radius 3 is 3.18 bits per heavy atom. The molecule has 6 nitrogen and oxygen atoms in total. The standard InChI is InChI=1S/C11H14N2O4/c14-10-8(2-1-4-12-10)13-6-7-3-5-17-9(7)11(15)16/h3,5,8,13H,1-2,4,6H2,(H,12,14)(H,15,16). The van der Waals surface area contributed by atoms with Crippen LogP contribution in [0.15, 0.2) is 16.7 Å². The first kappa shape index (κ1) is 11.7. The molecule has 2 heterocycles. The van der Waals surface area contributed by atoms with Gasteiger partial charge in [0.2, 0.25) is 11.7 Å². The van der Waals surface area contributed by atoms with E-state index in [0.717, 1.165) is 12.8 Å². The summed E-state index contributed by atoms with van der Waals surface area (Å²) in [6.07, 6.45) is 3.04. The molecule has 6 heteroatoms. The molecule has 0 radical (unpaired) electrons. The smallest absolute Gasteiger partial charge is 0.372 e. The van der Waals surface area contributed by atoms with Gasteiger partial charge in [-0.2, -0.15) is 0 Å². The lowest BCUT2D eigenvalue weighted by Gasteiger charge is -2.22. The van der Waals surface area contributed by atoms with Gasteiger partial charge in [0, 0.05) is 18.7 Å². The molecular formula is C11H14N2O4. The monoisotopic (exact) mass is 238 g/mol. The first-order valence-corrected chi connectivity index (χ1v) is 5.49. The molecule has 1 saturated heterocycles. The summed E-state index contributed by atoms with van der Waals surface area (Å²) in [5, 5.41) is 14.6. The van der Waals surface area contributed by atoms with E-state index in [9.17, 15) is 9.59 Å². The average molecular weight is 238 g/mol. The van der Waals surface area contributed by atoms with Crippen molar-refractivity contribution in [3.05, 3.63) is 23.7 Å². The normalized spacial score (nSPS) is 20.0. The Kier molecular flexibility index (Phi) is 3.43. The number of carbonyl (C=O) groups excluding carboxylic acids is 1. The van der Waals surface area contributed by atoms with Crippen molar-refractivity contribution in [2.24, 2.45) is 0 Å². The van der Waals surface area contributed by atoms with Crippen LogP contribution in [0.25, 0.3) is 0 Å². The van der Waals surface area contributed by atoms with Crippen LogP contribution in [0.5, 0.6) is 0 Å². The van der Waals surface area contributed by atoms with E-state index in [0.29, 0.717) is 18.7 Å². The van der Waals surface area contributed by atoms with E-state index in [4.69, 9.17) is 9.52 Å². The minimum Gasteiger partial charge on any atom is -0.475 e. The summed E-state index contributed by atoms with van der Waals surface area (Å²) >= 11 is 0. The van der Waals surface area contributed by atoms with Crippen LogP contribution in [0.3, 0.4) is 0 Å². The highest BCUT2D eigenvalue weighted by Gasteiger charge is 2.22. The van der Waals surface area contributed by atoms with Gasteiger partial charge >= 0.3 is 5.97 Å². The van der Waals surface area contributed by atoms with E-state index in [1.165, 1.54) is 6.26 Å². The van der Waals surface area contributed by atoms with Gasteiger partial charge in [0.1, 0.15) is 0 Å². The highest BCUT2D eigenvalue weighted by Crippen LogP contribution is 2.11. The molecule has 1 aromatic rings. The second kappa shape index (κ2) is 5.01. The number of furan rings is 1. The predicted octanol–water partition coefficient (Wildman–Crippen LogP) is 0.346. The number of nitrogens with one attached hydrogen (secondary N) is 2. The number of carboxylic acids is 1. The molecule has 1 atom stereocenters. The van der Waals surface area contributed by atoms with Crippen molar-refractivity contribution in [1.82, 2.24) is 10.6 Å². The zero-order valence-electron chi connectivity index (χ0n) is 9.23. The summed E-state index contributed by atoms with van der Waals surface area (Å²) in [6.45, 7) is 1.03. The number of hydrogen-bond donors (Lipinski definition) is 3. The largest absolute Gasteiger partial charge is 0.475 e. The molecule has 1 aliphatic rings. The maximum Gasteiger partial charge on any atom is 0.372 e. The summed E-state index contributed by atoms with van der Waals surface area (Å²) in [4.78, 5) is 22.3. The Morgan fingerprint density at radius 1 is 1.65 bits per heavy atom. The van der Waals surface area contributed by atoms with E-state index in [2.05, 4.69) is 10.6 Å². The van der Waals surface area contributed by atoms with Crippen LogP contribution in [0.2, 0.25) is 0 Å². The fraction of sp³-hybridized carbons (Fsp3) is 0.455. The van der Waals surface area contributed by atoms with E-state index in [1.807, 2.05) is 0 Å². The predicted molar refractivity (Wildman–Crippen MR) is 58.5 cm³/mol. The van der Waals surface area contributed by atoms with Crippen LogP contribution in [0.4, 0.5) is 0 Å². The van der Waals surface area contributed by atoms with Gasteiger partial charge in [-0.1, -0.05) is 0 Å². The second-order valence-electron chi connectivity index (χ2n) is 3.95. The molecule has 92 valence electrons. The molecule has 1 amide bonds. The molecule has 0 saturated carbocycles. The lowest BCUT2D eigenvalue weighted by molar-refractivity contribution is -0.124. The summed E-state index contributed by atoms with van der Waals surface area (Å²) in [5.41, 5.74) is 0.552. The average Bonchev–Trinajstić information content (AvgIpc) is 2.76. The van der Waals surface area contributed by atoms with E-state index >= 15 is 0 Å². The van der Waals surface area contributed by atoms with Crippen molar-refractivity contribution in [1.29, 1.82) is 0 Å². The van der Waals surface area contributed by atoms with Gasteiger partial charge in [0.15, 0.2) is 0 Å². The number of carbonyl (C=O) groups is 2. The summed E-state index contributed by atoms with van der Waals surface area (Å²) in [5.74, 6) is -1.20. The van der Waals surface area contributed by atoms with Crippen LogP contribution in [-0.2, 0) is 11.3 Å². The Balaban J connectivity index is 1.95. The van der Waals surface area contributed by atoms with Gasteiger partial charge in [-0.15, -0.1) is 0 Å². The van der Waals surface area contributed by atoms with Gasteiger partial charge in [0.05, 0.1) is 12.3 Å². The maximum absolute atomic E-state index is 11.5. The number of piperidine rings is 1. The minimum absolute atomic E-state index is 0.0309. The van der Waals surface area contributed by atoms with Crippen molar-refractivity contribution in [2.75, 3.05) is 6.54 Å². The van der Waals surface area contributed by atoms with Crippen molar-refractivity contribution in [3.8, 4) is 0 Å². The number of amides is 1. The first-order valence-electron chi connectivity index (χ1n) is 5.49. The second-order valence-corrected chi connectivity index (χ2v) is 3.95. The van der Waals surface area contributed by atoms with Crippen LogP contribution in [-0.4, -0.2) is 29.6 Å². The SMILES string of the molecule is O=C(O)c1occc1CNC1CCCNC1=O. The number of carboxylic acid groups (broad SMARTS) is 1. The van der Waals surface area contributed by atoms with Gasteiger partial charge in [0.25, 0.3) is 0 Å². The van der Waals surface area contributed by atoms with Crippen molar-refractivity contribution >= 4 is 11.9 Å². The van der Waals surface area contributed by atoms with E-state index in [-0.39, 0.29) is 17.7 Å². The van der Waals surface area contributed by atoms with Crippen molar-refractivity contribution < 1.29 is 19.1 Å². The Labute approximate surface area is 98.0 Å². The van der Waals surface area contributed by atoms with Gasteiger partial charge < -0.3 is 20.2 Å². The van der Waals surface area contributed by atoms with Crippen molar-refractivity contribution in [3.63, 3.8) is 0 Å². The lowest BCUT2D eigenvalue weighted by atomic mass is 10.1. The fourth-order valence-corrected chi connectivity index (χ4v) is 1.86. The maximum atomic E-state index is 11.5. The van der Waals surface area contributed by atoms with Gasteiger partial charge in [-0.3, -0.25) is 4.79 Å². The Bertz CT molecular complexity index is 427. The first-order chi connectivity index (χ1) is 8.18. The van der Waals surface area contributed by atoms with E-state index < -0.39 is 5.97 Å². The number of rotatable bonds is 4. The Morgan fingerprint density at radius 2 is 2.47 bits per heavy atom. The molecule has 1 aliphatic heterocycles. The summed E-state index contributed by atoms with van der Waals surface area (Å²) in [7, 11) is 0. The number of hydrogen-bond acceptors (Lipinski definition) is 4. The molecule has 1 fully saturated rings. The summed E-state index contributed by atoms with van der Waals surface area (Å²) < 4.78 is 4.85. The quantitative estimate of drug-likeness (QED) is 0.703. The molecule has 1 unspecified atom stereocenters. The third kappa shape index (κ3) is 2.65. The van der Waals surface area contributed by atoms with Gasteiger partial charge in [-0.25, -0.2) is 4.79 Å². The highest BCUT2D eigenvalue weighted by molar-refractivity contribution is 5.86. The lowest BCUT2D eigenvalue weighted by Crippen LogP contribution is -2.47. The number of aromatic carboxylic acids is 1. The molecule has 0 bridgehead atoms. The third-order valence-electron chi connectivity index (χ3n) is 2.77. The molecule has 1 aromatic heterocycles. The fourth-order valence-electron chi connectivity index (χ4n) is 1.86. The molecule has 0 spiro atoms. The Hall–Kier alpha value is -1.82. The van der Waals surface area contributed by atoms with E-state index in [1.54, 1.807) is 6.07 Å². The molecule has 2 rings (SSSR count). The van der Waals surface area contributed by atoms with Gasteiger partial charge in [-0.05, 0) is 18.9 Å².